The van der Waals surface area contributed by atoms with Gasteiger partial charge in [-0.15, -0.1) is 0 Å². The predicted molar refractivity (Wildman–Crippen MR) is 152 cm³/mol. The predicted octanol–water partition coefficient (Wildman–Crippen LogP) is 3.39. The van der Waals surface area contributed by atoms with Gasteiger partial charge in [-0.05, 0) is 36.2 Å². The van der Waals surface area contributed by atoms with Gasteiger partial charge in [-0.1, -0.05) is 47.5 Å². The van der Waals surface area contributed by atoms with Crippen molar-refractivity contribution < 1.29 is 18.0 Å². The number of aromatic nitrogens is 4. The van der Waals surface area contributed by atoms with Crippen LogP contribution in [0.3, 0.4) is 0 Å². The smallest absolute Gasteiger partial charge is 0.260 e. The van der Waals surface area contributed by atoms with Crippen LogP contribution in [-0.2, 0) is 31.6 Å². The molecule has 1 atom stereocenters. The van der Waals surface area contributed by atoms with Crippen molar-refractivity contribution in [3.63, 3.8) is 0 Å². The monoisotopic (exact) mass is 611 g/mol. The van der Waals surface area contributed by atoms with E-state index >= 15 is 0 Å². The van der Waals surface area contributed by atoms with Crippen LogP contribution in [-0.4, -0.2) is 57.1 Å². The van der Waals surface area contributed by atoms with Crippen LogP contribution >= 0.6 is 23.2 Å². The van der Waals surface area contributed by atoms with Crippen LogP contribution < -0.4 is 10.6 Å². The number of nitrogens with two attached hydrogens (primary N) is 1. The second-order valence-electron chi connectivity index (χ2n) is 10.2. The Morgan fingerprint density at radius 1 is 1.02 bits per heavy atom. The number of halogens is 2. The van der Waals surface area contributed by atoms with Crippen molar-refractivity contribution in [2.24, 2.45) is 11.7 Å². The van der Waals surface area contributed by atoms with Crippen molar-refractivity contribution in [2.75, 3.05) is 18.0 Å². The van der Waals surface area contributed by atoms with E-state index < -0.39 is 33.3 Å². The van der Waals surface area contributed by atoms with Crippen LogP contribution in [0.15, 0.2) is 72.4 Å². The number of primary amides is 1. The number of benzene rings is 2. The molecule has 41 heavy (non-hydrogen) atoms. The first kappa shape index (κ1) is 27.3. The van der Waals surface area contributed by atoms with Gasteiger partial charge < -0.3 is 5.73 Å². The van der Waals surface area contributed by atoms with E-state index in [-0.39, 0.29) is 30.5 Å². The third-order valence-corrected chi connectivity index (χ3v) is 9.66. The van der Waals surface area contributed by atoms with Crippen molar-refractivity contribution >= 4 is 56.7 Å². The Kier molecular flexibility index (Phi) is 6.61. The van der Waals surface area contributed by atoms with E-state index in [2.05, 4.69) is 15.0 Å². The molecule has 1 saturated heterocycles. The van der Waals surface area contributed by atoms with Gasteiger partial charge in [0, 0.05) is 47.5 Å². The minimum absolute atomic E-state index is 0.0406. The topological polar surface area (TPSA) is 144 Å². The second kappa shape index (κ2) is 9.91. The lowest BCUT2D eigenvalue weighted by Crippen LogP contribution is -2.55. The van der Waals surface area contributed by atoms with Crippen molar-refractivity contribution in [3.8, 4) is 11.1 Å². The number of anilines is 2. The minimum atomic E-state index is -4.12. The lowest BCUT2D eigenvalue weighted by molar-refractivity contribution is -0.125. The average Bonchev–Trinajstić information content (AvgIpc) is 3.42. The summed E-state index contributed by atoms with van der Waals surface area (Å²) >= 11 is 12.5. The van der Waals surface area contributed by atoms with E-state index in [1.165, 1.54) is 28.1 Å². The number of carbonyl (C=O) groups is 2. The van der Waals surface area contributed by atoms with Gasteiger partial charge in [0.15, 0.2) is 5.03 Å². The number of amides is 2. The van der Waals surface area contributed by atoms with E-state index in [4.69, 9.17) is 28.9 Å². The molecule has 6 rings (SSSR count). The van der Waals surface area contributed by atoms with Gasteiger partial charge in [0.05, 0.1) is 17.8 Å². The maximum absolute atomic E-state index is 14.2. The molecule has 2 aromatic heterocycles. The highest BCUT2D eigenvalue weighted by atomic mass is 35.5. The van der Waals surface area contributed by atoms with Crippen LogP contribution in [0, 0.1) is 5.92 Å². The molecule has 2 aliphatic rings. The van der Waals surface area contributed by atoms with Crippen LogP contribution in [0.1, 0.15) is 12.5 Å². The molecule has 0 radical (unpaired) electrons. The molecule has 4 heterocycles. The molecule has 0 unspecified atom stereocenters. The summed E-state index contributed by atoms with van der Waals surface area (Å²) in [7, 11) is -4.12. The third kappa shape index (κ3) is 4.56. The molecule has 0 aliphatic carbocycles. The number of carbonyl (C=O) groups excluding carboxylic acids is 2. The summed E-state index contributed by atoms with van der Waals surface area (Å²) in [6, 6.07) is 12.2. The number of hydrogen-bond acceptors (Lipinski definition) is 7. The highest BCUT2D eigenvalue weighted by Gasteiger charge is 2.53. The van der Waals surface area contributed by atoms with Crippen LogP contribution in [0.2, 0.25) is 10.0 Å². The number of sulfonamides is 1. The minimum Gasteiger partial charge on any atom is -0.369 e. The maximum atomic E-state index is 14.2. The SMILES string of the molecule is C[C@@]1(Cc2ccc(-c3cncnc3)cc2)C(=O)N(c2cc(Cl)cc(Cl)c2)c2ncc(S(=O)(=O)N3CC(C(N)=O)C3)n21. The number of nitrogens with zero attached hydrogens (tertiary/aromatic N) is 6. The van der Waals surface area contributed by atoms with E-state index in [0.29, 0.717) is 15.7 Å². The number of imidazole rings is 1. The van der Waals surface area contributed by atoms with Gasteiger partial charge in [-0.2, -0.15) is 4.31 Å². The van der Waals surface area contributed by atoms with E-state index in [1.54, 1.807) is 31.5 Å². The zero-order chi connectivity index (χ0) is 29.1. The van der Waals surface area contributed by atoms with Gasteiger partial charge in [0.25, 0.3) is 15.9 Å². The molecule has 4 aromatic rings. The number of rotatable bonds is 7. The molecule has 1 fully saturated rings. The Morgan fingerprint density at radius 3 is 2.27 bits per heavy atom. The summed E-state index contributed by atoms with van der Waals surface area (Å²) in [6.07, 6.45) is 6.23. The van der Waals surface area contributed by atoms with E-state index in [0.717, 1.165) is 21.0 Å². The van der Waals surface area contributed by atoms with Gasteiger partial charge in [-0.3, -0.25) is 14.2 Å². The zero-order valence-electron chi connectivity index (χ0n) is 21.6. The van der Waals surface area contributed by atoms with Crippen LogP contribution in [0.4, 0.5) is 11.6 Å². The Hall–Kier alpha value is -3.84. The molecule has 0 spiro atoms. The fraction of sp³-hybridized carbons (Fsp3) is 0.222. The first-order valence-corrected chi connectivity index (χ1v) is 14.7. The van der Waals surface area contributed by atoms with Crippen molar-refractivity contribution in [1.82, 2.24) is 23.8 Å². The molecule has 0 saturated carbocycles. The molecular weight excluding hydrogens is 589 g/mol. The summed E-state index contributed by atoms with van der Waals surface area (Å²) < 4.78 is 30.1. The lowest BCUT2D eigenvalue weighted by atomic mass is 9.91. The van der Waals surface area contributed by atoms with Gasteiger partial charge in [0.1, 0.15) is 11.9 Å². The van der Waals surface area contributed by atoms with Crippen molar-refractivity contribution in [2.45, 2.75) is 23.9 Å². The fourth-order valence-corrected chi connectivity index (χ4v) is 7.45. The highest BCUT2D eigenvalue weighted by Crippen LogP contribution is 2.45. The normalized spacial score (nSPS) is 19.3. The fourth-order valence-electron chi connectivity index (χ4n) is 5.22. The van der Waals surface area contributed by atoms with Gasteiger partial charge in [-0.25, -0.2) is 28.3 Å². The second-order valence-corrected chi connectivity index (χ2v) is 13.0. The van der Waals surface area contributed by atoms with Crippen molar-refractivity contribution in [3.05, 3.63) is 83.0 Å². The quantitative estimate of drug-likeness (QED) is 0.337. The van der Waals surface area contributed by atoms with Crippen LogP contribution in [0.25, 0.3) is 11.1 Å². The molecular formula is C27H23Cl2N7O4S. The Morgan fingerprint density at radius 2 is 1.66 bits per heavy atom. The molecule has 2 aromatic carbocycles. The Balaban J connectivity index is 1.43. The molecule has 2 amide bonds. The maximum Gasteiger partial charge on any atom is 0.260 e. The third-order valence-electron chi connectivity index (χ3n) is 7.42. The molecule has 11 nitrogen and oxygen atoms in total. The summed E-state index contributed by atoms with van der Waals surface area (Å²) in [5.41, 5.74) is 6.82. The largest absolute Gasteiger partial charge is 0.369 e. The van der Waals surface area contributed by atoms with Gasteiger partial charge in [0.2, 0.25) is 11.9 Å². The highest BCUT2D eigenvalue weighted by molar-refractivity contribution is 7.89. The molecule has 0 bridgehead atoms. The summed E-state index contributed by atoms with van der Waals surface area (Å²) in [5, 5.41) is 0.441. The summed E-state index contributed by atoms with van der Waals surface area (Å²) in [6.45, 7) is 1.59. The number of fused-ring (bicyclic) bond motifs is 1. The first-order valence-electron chi connectivity index (χ1n) is 12.5. The molecule has 2 N–H and O–H groups in total. The van der Waals surface area contributed by atoms with E-state index in [9.17, 15) is 18.0 Å². The summed E-state index contributed by atoms with van der Waals surface area (Å²) in [5.74, 6) is -1.43. The van der Waals surface area contributed by atoms with Crippen LogP contribution in [0.5, 0.6) is 0 Å². The Labute approximate surface area is 245 Å². The summed E-state index contributed by atoms with van der Waals surface area (Å²) in [4.78, 5) is 39.6. The molecule has 2 aliphatic heterocycles. The molecule has 14 heteroatoms. The zero-order valence-corrected chi connectivity index (χ0v) is 23.9. The first-order chi connectivity index (χ1) is 19.5. The molecule has 210 valence electrons. The number of hydrogen-bond donors (Lipinski definition) is 1. The van der Waals surface area contributed by atoms with Gasteiger partial charge >= 0.3 is 0 Å². The van der Waals surface area contributed by atoms with Crippen molar-refractivity contribution in [1.29, 1.82) is 0 Å². The average molecular weight is 612 g/mol. The Bertz CT molecular complexity index is 1770. The standard InChI is InChI=1S/C27H23Cl2N7O4S/c1-27(9-16-2-4-17(5-3-16)18-10-31-15-32-11-18)25(38)35(22-7-20(28)6-21(29)8-22)26-33-12-23(36(26)27)41(39,40)34-13-19(14-34)24(30)37/h2-8,10-12,15,19H,9,13-14H2,1H3,(H2,30,37)/t27-/m1/s1. The van der Waals surface area contributed by atoms with E-state index in [1.807, 2.05) is 24.3 Å². The lowest BCUT2D eigenvalue weighted by Gasteiger charge is -2.36.